The number of nitrogen functional groups attached to an aromatic ring is 1. The molecule has 1 aliphatic rings. The molecule has 0 aliphatic carbocycles. The Morgan fingerprint density at radius 1 is 1.18 bits per heavy atom. The van der Waals surface area contributed by atoms with Gasteiger partial charge < -0.3 is 15.4 Å². The fourth-order valence-corrected chi connectivity index (χ4v) is 4.54. The van der Waals surface area contributed by atoms with Gasteiger partial charge in [-0.15, -0.1) is 0 Å². The predicted octanol–water partition coefficient (Wildman–Crippen LogP) is 3.30. The van der Waals surface area contributed by atoms with E-state index in [2.05, 4.69) is 20.3 Å². The van der Waals surface area contributed by atoms with Crippen molar-refractivity contribution in [2.75, 3.05) is 19.4 Å². The number of benzene rings is 2. The monoisotopic (exact) mass is 439 g/mol. The Morgan fingerprint density at radius 2 is 2.06 bits per heavy atom. The molecule has 6 rings (SSSR count). The molecule has 33 heavy (non-hydrogen) atoms. The average Bonchev–Trinajstić information content (AvgIpc) is 3.58. The number of nitrogens with one attached hydrogen (secondary N) is 1. The molecule has 2 aromatic carbocycles. The van der Waals surface area contributed by atoms with E-state index in [4.69, 9.17) is 10.5 Å². The number of hydrogen-bond donors (Lipinski definition) is 2. The molecule has 0 bridgehead atoms. The van der Waals surface area contributed by atoms with Crippen molar-refractivity contribution in [1.29, 1.82) is 0 Å². The first-order valence-corrected chi connectivity index (χ1v) is 10.6. The second kappa shape index (κ2) is 7.06. The van der Waals surface area contributed by atoms with Gasteiger partial charge in [0.05, 0.1) is 34.9 Å². The molecule has 1 aliphatic heterocycles. The van der Waals surface area contributed by atoms with Gasteiger partial charge in [0.1, 0.15) is 18.2 Å². The molecule has 0 spiro atoms. The molecule has 0 saturated carbocycles. The van der Waals surface area contributed by atoms with Crippen molar-refractivity contribution < 1.29 is 9.53 Å². The molecule has 1 amide bonds. The standard InChI is InChI=1S/C24H21N7O2/c1-30(20-12-33-21-8-13(3-5-16(20)21)15-9-26-27-10-15)24(32)14-4-6-19-17(7-14)22-18(23(25)29-19)11-28-31(22)2/h3-11,20H,12H2,1-2H3,(H2,25,29)(H,26,27). The van der Waals surface area contributed by atoms with Gasteiger partial charge in [-0.2, -0.15) is 10.2 Å². The molecule has 0 saturated heterocycles. The van der Waals surface area contributed by atoms with Crippen LogP contribution in [0.5, 0.6) is 5.75 Å². The van der Waals surface area contributed by atoms with E-state index < -0.39 is 0 Å². The van der Waals surface area contributed by atoms with Crippen molar-refractivity contribution in [2.45, 2.75) is 6.04 Å². The summed E-state index contributed by atoms with van der Waals surface area (Å²) >= 11 is 0. The number of aromatic nitrogens is 5. The van der Waals surface area contributed by atoms with Crippen LogP contribution < -0.4 is 10.5 Å². The number of carbonyl (C=O) groups excluding carboxylic acids is 1. The van der Waals surface area contributed by atoms with Crippen molar-refractivity contribution in [3.8, 4) is 16.9 Å². The third-order valence-corrected chi connectivity index (χ3v) is 6.34. The van der Waals surface area contributed by atoms with Crippen molar-refractivity contribution in [3.05, 3.63) is 66.1 Å². The number of hydrogen-bond acceptors (Lipinski definition) is 6. The highest BCUT2D eigenvalue weighted by atomic mass is 16.5. The van der Waals surface area contributed by atoms with Gasteiger partial charge in [-0.3, -0.25) is 14.6 Å². The second-order valence-electron chi connectivity index (χ2n) is 8.24. The molecule has 164 valence electrons. The van der Waals surface area contributed by atoms with Crippen LogP contribution in [-0.4, -0.2) is 49.4 Å². The number of likely N-dealkylation sites (N-methyl/N-ethyl adjacent to an activating group) is 1. The maximum Gasteiger partial charge on any atom is 0.254 e. The zero-order valence-corrected chi connectivity index (χ0v) is 18.1. The van der Waals surface area contributed by atoms with Crippen molar-refractivity contribution in [2.24, 2.45) is 7.05 Å². The predicted molar refractivity (Wildman–Crippen MR) is 125 cm³/mol. The summed E-state index contributed by atoms with van der Waals surface area (Å²) < 4.78 is 7.70. The van der Waals surface area contributed by atoms with Gasteiger partial charge in [0.25, 0.3) is 5.91 Å². The minimum atomic E-state index is -0.178. The molecular formula is C24H21N7O2. The van der Waals surface area contributed by atoms with Gasteiger partial charge in [-0.25, -0.2) is 4.98 Å². The van der Waals surface area contributed by atoms with E-state index in [9.17, 15) is 4.79 Å². The van der Waals surface area contributed by atoms with Gasteiger partial charge in [-0.05, 0) is 29.8 Å². The lowest BCUT2D eigenvalue weighted by Gasteiger charge is -2.24. The van der Waals surface area contributed by atoms with E-state index in [0.29, 0.717) is 18.0 Å². The lowest BCUT2D eigenvalue weighted by atomic mass is 10.0. The zero-order valence-electron chi connectivity index (χ0n) is 18.1. The molecular weight excluding hydrogens is 418 g/mol. The summed E-state index contributed by atoms with van der Waals surface area (Å²) in [6.07, 6.45) is 5.30. The SMILES string of the molecule is CN(C(=O)c1ccc2nc(N)c3cnn(C)c3c2c1)C1COc2cc(-c3cn[nH]c3)ccc21. The smallest absolute Gasteiger partial charge is 0.254 e. The Balaban J connectivity index is 1.35. The molecule has 0 radical (unpaired) electrons. The molecule has 9 nitrogen and oxygen atoms in total. The number of nitrogens with two attached hydrogens (primary N) is 1. The fraction of sp³-hybridized carbons (Fsp3) is 0.167. The van der Waals surface area contributed by atoms with Crippen molar-refractivity contribution >= 4 is 33.5 Å². The molecule has 3 aromatic heterocycles. The lowest BCUT2D eigenvalue weighted by Crippen LogP contribution is -2.32. The van der Waals surface area contributed by atoms with Crippen LogP contribution >= 0.6 is 0 Å². The summed E-state index contributed by atoms with van der Waals surface area (Å²) in [4.78, 5) is 19.7. The van der Waals surface area contributed by atoms with Crippen LogP contribution in [-0.2, 0) is 7.05 Å². The number of H-pyrrole nitrogens is 1. The summed E-state index contributed by atoms with van der Waals surface area (Å²) in [6.45, 7) is 0.407. The van der Waals surface area contributed by atoms with Crippen LogP contribution in [0.4, 0.5) is 5.82 Å². The Labute approximate surface area is 188 Å². The molecule has 5 aromatic rings. The van der Waals surface area contributed by atoms with E-state index in [0.717, 1.165) is 44.2 Å². The average molecular weight is 439 g/mol. The Kier molecular flexibility index (Phi) is 4.13. The van der Waals surface area contributed by atoms with Crippen LogP contribution in [0.15, 0.2) is 55.0 Å². The van der Waals surface area contributed by atoms with E-state index in [1.807, 2.05) is 43.6 Å². The minimum Gasteiger partial charge on any atom is -0.491 e. The number of anilines is 1. The maximum atomic E-state index is 13.5. The first-order chi connectivity index (χ1) is 16.0. The molecule has 9 heteroatoms. The number of rotatable bonds is 3. The van der Waals surface area contributed by atoms with E-state index in [-0.39, 0.29) is 11.9 Å². The third-order valence-electron chi connectivity index (χ3n) is 6.34. The number of ether oxygens (including phenoxy) is 1. The third kappa shape index (κ3) is 2.93. The van der Waals surface area contributed by atoms with Gasteiger partial charge in [0.15, 0.2) is 0 Å². The molecule has 3 N–H and O–H groups in total. The summed E-state index contributed by atoms with van der Waals surface area (Å²) in [6, 6.07) is 11.3. The summed E-state index contributed by atoms with van der Waals surface area (Å²) in [5, 5.41) is 12.7. The Bertz CT molecular complexity index is 1540. The number of nitrogens with zero attached hydrogens (tertiary/aromatic N) is 5. The fourth-order valence-electron chi connectivity index (χ4n) is 4.54. The molecule has 4 heterocycles. The minimum absolute atomic E-state index is 0.0931. The summed E-state index contributed by atoms with van der Waals surface area (Å²) in [7, 11) is 3.66. The quantitative estimate of drug-likeness (QED) is 0.446. The zero-order chi connectivity index (χ0) is 22.7. The van der Waals surface area contributed by atoms with Crippen LogP contribution in [0.3, 0.4) is 0 Å². The van der Waals surface area contributed by atoms with E-state index in [1.165, 1.54) is 0 Å². The highest BCUT2D eigenvalue weighted by Crippen LogP contribution is 2.39. The van der Waals surface area contributed by atoms with Gasteiger partial charge >= 0.3 is 0 Å². The largest absolute Gasteiger partial charge is 0.491 e. The van der Waals surface area contributed by atoms with Crippen LogP contribution in [0.1, 0.15) is 22.0 Å². The first-order valence-electron chi connectivity index (χ1n) is 10.6. The Hall–Kier alpha value is -4.40. The van der Waals surface area contributed by atoms with Crippen molar-refractivity contribution in [3.63, 3.8) is 0 Å². The van der Waals surface area contributed by atoms with Gasteiger partial charge in [-0.1, -0.05) is 12.1 Å². The van der Waals surface area contributed by atoms with E-state index in [1.54, 1.807) is 35.1 Å². The van der Waals surface area contributed by atoms with Gasteiger partial charge in [0.2, 0.25) is 0 Å². The summed E-state index contributed by atoms with van der Waals surface area (Å²) in [5.41, 5.74) is 11.2. The van der Waals surface area contributed by atoms with Crippen molar-refractivity contribution in [1.82, 2.24) is 29.9 Å². The highest BCUT2D eigenvalue weighted by Gasteiger charge is 2.31. The van der Waals surface area contributed by atoms with Crippen LogP contribution in [0.2, 0.25) is 0 Å². The van der Waals surface area contributed by atoms with E-state index >= 15 is 0 Å². The maximum absolute atomic E-state index is 13.5. The molecule has 1 unspecified atom stereocenters. The number of fused-ring (bicyclic) bond motifs is 4. The molecule has 1 atom stereocenters. The summed E-state index contributed by atoms with van der Waals surface area (Å²) in [5.74, 6) is 1.12. The normalized spacial score (nSPS) is 15.0. The van der Waals surface area contributed by atoms with Gasteiger partial charge in [0, 0.05) is 42.4 Å². The number of aryl methyl sites for hydroxylation is 1. The second-order valence-corrected chi connectivity index (χ2v) is 8.24. The van der Waals surface area contributed by atoms with Crippen LogP contribution in [0, 0.1) is 0 Å². The topological polar surface area (TPSA) is 115 Å². The number of carbonyl (C=O) groups is 1. The highest BCUT2D eigenvalue weighted by molar-refractivity contribution is 6.10. The Morgan fingerprint density at radius 3 is 2.88 bits per heavy atom. The number of amides is 1. The number of aromatic amines is 1. The number of pyridine rings is 1. The molecule has 0 fully saturated rings. The first kappa shape index (κ1) is 19.3. The lowest BCUT2D eigenvalue weighted by molar-refractivity contribution is 0.0708. The van der Waals surface area contributed by atoms with Crippen LogP contribution in [0.25, 0.3) is 32.9 Å².